The fourth-order valence-corrected chi connectivity index (χ4v) is 3.21. The summed E-state index contributed by atoms with van der Waals surface area (Å²) >= 11 is 0. The molecule has 1 heterocycles. The van der Waals surface area contributed by atoms with Gasteiger partial charge in [0.05, 0.1) is 11.1 Å². The normalized spacial score (nSPS) is 14.5. The summed E-state index contributed by atoms with van der Waals surface area (Å²) in [6.07, 6.45) is 0.311. The monoisotopic (exact) mass is 368 g/mol. The number of halogens is 1. The molecule has 0 fully saturated rings. The number of amides is 3. The summed E-state index contributed by atoms with van der Waals surface area (Å²) in [5, 5.41) is 2.68. The predicted molar refractivity (Wildman–Crippen MR) is 100.0 cm³/mol. The Balaban J connectivity index is 1.93. The van der Waals surface area contributed by atoms with Gasteiger partial charge in [-0.25, -0.2) is 4.39 Å². The van der Waals surface area contributed by atoms with Crippen molar-refractivity contribution in [3.8, 4) is 0 Å². The Bertz CT molecular complexity index is 888. The van der Waals surface area contributed by atoms with Gasteiger partial charge in [0.1, 0.15) is 11.9 Å². The second kappa shape index (κ2) is 7.31. The average molecular weight is 368 g/mol. The van der Waals surface area contributed by atoms with E-state index in [9.17, 15) is 18.8 Å². The predicted octanol–water partition coefficient (Wildman–Crippen LogP) is 3.78. The van der Waals surface area contributed by atoms with Crippen molar-refractivity contribution in [2.45, 2.75) is 33.2 Å². The molecule has 0 bridgehead atoms. The average Bonchev–Trinajstić information content (AvgIpc) is 2.87. The summed E-state index contributed by atoms with van der Waals surface area (Å²) in [5.74, 6) is -1.87. The molecule has 0 aromatic heterocycles. The fourth-order valence-electron chi connectivity index (χ4n) is 3.21. The van der Waals surface area contributed by atoms with E-state index in [4.69, 9.17) is 0 Å². The smallest absolute Gasteiger partial charge is 0.262 e. The van der Waals surface area contributed by atoms with Crippen molar-refractivity contribution in [2.75, 3.05) is 5.32 Å². The fraction of sp³-hybridized carbons (Fsp3) is 0.286. The van der Waals surface area contributed by atoms with E-state index in [1.807, 2.05) is 13.8 Å². The van der Waals surface area contributed by atoms with Gasteiger partial charge in [-0.2, -0.15) is 0 Å². The van der Waals surface area contributed by atoms with Crippen LogP contribution >= 0.6 is 0 Å². The van der Waals surface area contributed by atoms with Gasteiger partial charge in [-0.1, -0.05) is 32.0 Å². The lowest BCUT2D eigenvalue weighted by molar-refractivity contribution is -0.120. The van der Waals surface area contributed by atoms with Crippen molar-refractivity contribution < 1.29 is 18.8 Å². The van der Waals surface area contributed by atoms with Gasteiger partial charge in [-0.05, 0) is 49.1 Å². The second-order valence-corrected chi connectivity index (χ2v) is 7.12. The molecule has 1 aliphatic rings. The van der Waals surface area contributed by atoms with Crippen LogP contribution < -0.4 is 5.32 Å². The number of carbonyl (C=O) groups is 3. The van der Waals surface area contributed by atoms with Crippen LogP contribution in [0.5, 0.6) is 0 Å². The van der Waals surface area contributed by atoms with E-state index in [1.165, 1.54) is 12.1 Å². The molecule has 1 aliphatic heterocycles. The number of nitrogens with one attached hydrogen (secondary N) is 1. The van der Waals surface area contributed by atoms with Gasteiger partial charge in [0, 0.05) is 5.69 Å². The lowest BCUT2D eigenvalue weighted by atomic mass is 10.0. The minimum Gasteiger partial charge on any atom is -0.324 e. The first-order valence-corrected chi connectivity index (χ1v) is 8.83. The molecule has 0 saturated carbocycles. The van der Waals surface area contributed by atoms with Gasteiger partial charge in [0.25, 0.3) is 11.8 Å². The molecule has 0 radical (unpaired) electrons. The molecule has 5 nitrogen and oxygen atoms in total. The molecule has 27 heavy (non-hydrogen) atoms. The lowest BCUT2D eigenvalue weighted by Crippen LogP contribution is -2.48. The first-order valence-electron chi connectivity index (χ1n) is 8.83. The Labute approximate surface area is 157 Å². The Morgan fingerprint density at radius 3 is 2.22 bits per heavy atom. The molecule has 2 aromatic carbocycles. The number of aryl methyl sites for hydroxylation is 1. The minimum atomic E-state index is -0.972. The Morgan fingerprint density at radius 2 is 1.67 bits per heavy atom. The maximum Gasteiger partial charge on any atom is 0.262 e. The van der Waals surface area contributed by atoms with Crippen LogP contribution in [0.25, 0.3) is 0 Å². The molecule has 6 heteroatoms. The van der Waals surface area contributed by atoms with Gasteiger partial charge >= 0.3 is 0 Å². The third kappa shape index (κ3) is 3.60. The maximum atomic E-state index is 13.5. The van der Waals surface area contributed by atoms with E-state index in [0.717, 1.165) is 4.90 Å². The van der Waals surface area contributed by atoms with Crippen molar-refractivity contribution in [1.29, 1.82) is 0 Å². The topological polar surface area (TPSA) is 66.5 Å². The van der Waals surface area contributed by atoms with Crippen LogP contribution in [0, 0.1) is 18.7 Å². The van der Waals surface area contributed by atoms with Crippen molar-refractivity contribution in [1.82, 2.24) is 4.90 Å². The Morgan fingerprint density at radius 1 is 1.07 bits per heavy atom. The highest BCUT2D eigenvalue weighted by molar-refractivity contribution is 6.23. The van der Waals surface area contributed by atoms with Gasteiger partial charge in [-0.15, -0.1) is 0 Å². The van der Waals surface area contributed by atoms with Gasteiger partial charge < -0.3 is 5.32 Å². The van der Waals surface area contributed by atoms with E-state index in [1.54, 1.807) is 37.3 Å². The van der Waals surface area contributed by atoms with Crippen LogP contribution in [0.4, 0.5) is 10.1 Å². The highest BCUT2D eigenvalue weighted by Gasteiger charge is 2.42. The molecule has 1 atom stereocenters. The number of anilines is 1. The Hall–Kier alpha value is -3.02. The molecule has 0 aliphatic carbocycles. The van der Waals surface area contributed by atoms with Crippen LogP contribution in [-0.4, -0.2) is 28.7 Å². The summed E-state index contributed by atoms with van der Waals surface area (Å²) in [4.78, 5) is 39.5. The van der Waals surface area contributed by atoms with Crippen molar-refractivity contribution >= 4 is 23.4 Å². The number of rotatable bonds is 5. The molecule has 1 unspecified atom stereocenters. The number of imide groups is 1. The standard InChI is InChI=1S/C21H21FN2O3/c1-12(2)10-18(19(25)23-17-11-14(22)9-8-13(17)3)24-20(26)15-6-4-5-7-16(15)21(24)27/h4-9,11-12,18H,10H2,1-3H3,(H,23,25). The van der Waals surface area contributed by atoms with Gasteiger partial charge in [-0.3, -0.25) is 19.3 Å². The molecule has 0 saturated heterocycles. The highest BCUT2D eigenvalue weighted by Crippen LogP contribution is 2.28. The second-order valence-electron chi connectivity index (χ2n) is 7.12. The number of carbonyl (C=O) groups excluding carboxylic acids is 3. The Kier molecular flexibility index (Phi) is 5.08. The number of benzene rings is 2. The zero-order chi connectivity index (χ0) is 19.7. The van der Waals surface area contributed by atoms with Crippen LogP contribution in [0.2, 0.25) is 0 Å². The van der Waals surface area contributed by atoms with E-state index >= 15 is 0 Å². The molecule has 0 spiro atoms. The van der Waals surface area contributed by atoms with Crippen LogP contribution in [-0.2, 0) is 4.79 Å². The van der Waals surface area contributed by atoms with E-state index in [-0.39, 0.29) is 5.92 Å². The van der Waals surface area contributed by atoms with E-state index in [0.29, 0.717) is 28.8 Å². The van der Waals surface area contributed by atoms with Crippen LogP contribution in [0.1, 0.15) is 46.5 Å². The molecule has 1 N–H and O–H groups in total. The number of hydrogen-bond acceptors (Lipinski definition) is 3. The molecular formula is C21H21FN2O3. The van der Waals surface area contributed by atoms with Crippen molar-refractivity contribution in [2.24, 2.45) is 5.92 Å². The molecule has 140 valence electrons. The first kappa shape index (κ1) is 18.8. The minimum absolute atomic E-state index is 0.0682. The number of fused-ring (bicyclic) bond motifs is 1. The SMILES string of the molecule is Cc1ccc(F)cc1NC(=O)C(CC(C)C)N1C(=O)c2ccccc2C1=O. The first-order chi connectivity index (χ1) is 12.8. The molecular weight excluding hydrogens is 347 g/mol. The van der Waals surface area contributed by atoms with Gasteiger partial charge in [0.15, 0.2) is 0 Å². The van der Waals surface area contributed by atoms with E-state index < -0.39 is 29.6 Å². The molecule has 3 rings (SSSR count). The quantitative estimate of drug-likeness (QED) is 0.817. The van der Waals surface area contributed by atoms with Crippen molar-refractivity contribution in [3.63, 3.8) is 0 Å². The van der Waals surface area contributed by atoms with E-state index in [2.05, 4.69) is 5.32 Å². The third-order valence-corrected chi connectivity index (χ3v) is 4.59. The summed E-state index contributed by atoms with van der Waals surface area (Å²) in [6, 6.07) is 9.64. The summed E-state index contributed by atoms with van der Waals surface area (Å²) in [5.41, 5.74) is 1.61. The highest BCUT2D eigenvalue weighted by atomic mass is 19.1. The summed E-state index contributed by atoms with van der Waals surface area (Å²) < 4.78 is 13.5. The zero-order valence-electron chi connectivity index (χ0n) is 15.5. The molecule has 2 aromatic rings. The largest absolute Gasteiger partial charge is 0.324 e. The van der Waals surface area contributed by atoms with Crippen molar-refractivity contribution in [3.05, 3.63) is 65.0 Å². The van der Waals surface area contributed by atoms with Crippen LogP contribution in [0.15, 0.2) is 42.5 Å². The summed E-state index contributed by atoms with van der Waals surface area (Å²) in [6.45, 7) is 5.56. The zero-order valence-corrected chi connectivity index (χ0v) is 15.5. The lowest BCUT2D eigenvalue weighted by Gasteiger charge is -2.27. The number of hydrogen-bond donors (Lipinski definition) is 1. The number of nitrogens with zero attached hydrogens (tertiary/aromatic N) is 1. The summed E-state index contributed by atoms with van der Waals surface area (Å²) in [7, 11) is 0. The van der Waals surface area contributed by atoms with Gasteiger partial charge in [0.2, 0.25) is 5.91 Å². The maximum absolute atomic E-state index is 13.5. The van der Waals surface area contributed by atoms with Crippen LogP contribution in [0.3, 0.4) is 0 Å². The third-order valence-electron chi connectivity index (χ3n) is 4.59. The molecule has 3 amide bonds.